The first-order valence-corrected chi connectivity index (χ1v) is 6.85. The van der Waals surface area contributed by atoms with E-state index in [1.54, 1.807) is 11.8 Å². The van der Waals surface area contributed by atoms with Gasteiger partial charge in [-0.2, -0.15) is 0 Å². The van der Waals surface area contributed by atoms with Crippen LogP contribution in [0, 0.1) is 0 Å². The smallest absolute Gasteiger partial charge is 0.111 e. The van der Waals surface area contributed by atoms with Crippen LogP contribution in [0.15, 0.2) is 47.1 Å². The summed E-state index contributed by atoms with van der Waals surface area (Å²) < 4.78 is 5.62. The Hall–Kier alpha value is -0.970. The predicted molar refractivity (Wildman–Crippen MR) is 71.5 cm³/mol. The van der Waals surface area contributed by atoms with Crippen molar-refractivity contribution >= 4 is 11.8 Å². The quantitative estimate of drug-likeness (QED) is 0.478. The normalized spacial score (nSPS) is 17.1. The summed E-state index contributed by atoms with van der Waals surface area (Å²) in [5.74, 6) is 7.45. The number of hydrazine groups is 1. The van der Waals surface area contributed by atoms with E-state index in [1.807, 2.05) is 18.2 Å². The average Bonchev–Trinajstić information content (AvgIpc) is 2.42. The number of hydrogen-bond acceptors (Lipinski definition) is 4. The Labute approximate surface area is 106 Å². The standard InChI is InChI=1S/C13H18N2OS/c14-15-12(13-8-4-5-9-16-13)10-17-11-6-2-1-3-7-11/h1-3,6-8,12,15H,4-5,9-10,14H2. The summed E-state index contributed by atoms with van der Waals surface area (Å²) in [6, 6.07) is 10.4. The van der Waals surface area contributed by atoms with E-state index in [4.69, 9.17) is 10.6 Å². The Morgan fingerprint density at radius 2 is 2.18 bits per heavy atom. The van der Waals surface area contributed by atoms with Gasteiger partial charge < -0.3 is 4.74 Å². The minimum atomic E-state index is 0.0977. The third-order valence-electron chi connectivity index (χ3n) is 2.67. The molecule has 1 aliphatic rings. The number of allylic oxidation sites excluding steroid dienone is 1. The molecular formula is C13H18N2OS. The zero-order valence-electron chi connectivity index (χ0n) is 9.76. The Morgan fingerprint density at radius 3 is 2.82 bits per heavy atom. The van der Waals surface area contributed by atoms with E-state index in [0.29, 0.717) is 0 Å². The van der Waals surface area contributed by atoms with Crippen LogP contribution >= 0.6 is 11.8 Å². The number of thioether (sulfide) groups is 1. The van der Waals surface area contributed by atoms with Gasteiger partial charge in [0.25, 0.3) is 0 Å². The van der Waals surface area contributed by atoms with Crippen LogP contribution in [0.3, 0.4) is 0 Å². The van der Waals surface area contributed by atoms with Crippen molar-refractivity contribution < 1.29 is 4.74 Å². The first kappa shape index (κ1) is 12.5. The molecule has 1 unspecified atom stereocenters. The molecule has 92 valence electrons. The van der Waals surface area contributed by atoms with Crippen LogP contribution in [0.1, 0.15) is 12.8 Å². The minimum Gasteiger partial charge on any atom is -0.497 e. The first-order valence-electron chi connectivity index (χ1n) is 5.87. The SMILES string of the molecule is NNC(CSc1ccccc1)C1=CCCCO1. The summed E-state index contributed by atoms with van der Waals surface area (Å²) in [5.41, 5.74) is 2.83. The van der Waals surface area contributed by atoms with E-state index < -0.39 is 0 Å². The Morgan fingerprint density at radius 1 is 1.35 bits per heavy atom. The molecule has 3 N–H and O–H groups in total. The lowest BCUT2D eigenvalue weighted by atomic mass is 10.2. The molecule has 0 radical (unpaired) electrons. The molecule has 0 amide bonds. The summed E-state index contributed by atoms with van der Waals surface area (Å²) in [7, 11) is 0. The maximum absolute atomic E-state index is 5.62. The van der Waals surface area contributed by atoms with Crippen LogP contribution in [-0.4, -0.2) is 18.4 Å². The highest BCUT2D eigenvalue weighted by molar-refractivity contribution is 7.99. The lowest BCUT2D eigenvalue weighted by molar-refractivity contribution is 0.172. The zero-order valence-corrected chi connectivity index (χ0v) is 10.6. The van der Waals surface area contributed by atoms with Gasteiger partial charge in [-0.05, 0) is 31.1 Å². The van der Waals surface area contributed by atoms with Crippen LogP contribution in [0.25, 0.3) is 0 Å². The third kappa shape index (κ3) is 3.77. The zero-order chi connectivity index (χ0) is 11.9. The maximum Gasteiger partial charge on any atom is 0.111 e. The van der Waals surface area contributed by atoms with E-state index in [2.05, 4.69) is 23.6 Å². The lowest BCUT2D eigenvalue weighted by Gasteiger charge is -2.22. The highest BCUT2D eigenvalue weighted by Crippen LogP contribution is 2.22. The highest BCUT2D eigenvalue weighted by atomic mass is 32.2. The van der Waals surface area contributed by atoms with Gasteiger partial charge in [0.1, 0.15) is 5.76 Å². The first-order chi connectivity index (χ1) is 8.40. The molecule has 3 nitrogen and oxygen atoms in total. The maximum atomic E-state index is 5.62. The predicted octanol–water partition coefficient (Wildman–Crippen LogP) is 2.30. The second kappa shape index (κ2) is 6.69. The molecule has 4 heteroatoms. The van der Waals surface area contributed by atoms with E-state index in [-0.39, 0.29) is 6.04 Å². The number of nitrogens with one attached hydrogen (secondary N) is 1. The third-order valence-corrected chi connectivity index (χ3v) is 3.77. The van der Waals surface area contributed by atoms with Crippen LogP contribution in [0.5, 0.6) is 0 Å². The van der Waals surface area contributed by atoms with E-state index in [1.165, 1.54) is 4.90 Å². The summed E-state index contributed by atoms with van der Waals surface area (Å²) >= 11 is 1.78. The molecule has 1 aromatic rings. The van der Waals surface area contributed by atoms with Gasteiger partial charge in [0.2, 0.25) is 0 Å². The molecular weight excluding hydrogens is 232 g/mol. The number of rotatable bonds is 5. The molecule has 1 heterocycles. The lowest BCUT2D eigenvalue weighted by Crippen LogP contribution is -2.39. The van der Waals surface area contributed by atoms with E-state index in [9.17, 15) is 0 Å². The van der Waals surface area contributed by atoms with Crippen LogP contribution < -0.4 is 11.3 Å². The Kier molecular flexibility index (Phi) is 4.91. The second-order valence-electron chi connectivity index (χ2n) is 3.94. The molecule has 0 fully saturated rings. The van der Waals surface area contributed by atoms with Gasteiger partial charge in [-0.3, -0.25) is 5.84 Å². The molecule has 1 aromatic carbocycles. The molecule has 2 rings (SSSR count). The molecule has 1 atom stereocenters. The van der Waals surface area contributed by atoms with E-state index in [0.717, 1.165) is 31.0 Å². The number of ether oxygens (including phenoxy) is 1. The van der Waals surface area contributed by atoms with Gasteiger partial charge in [0, 0.05) is 10.6 Å². The average molecular weight is 250 g/mol. The fourth-order valence-corrected chi connectivity index (χ4v) is 2.70. The van der Waals surface area contributed by atoms with Gasteiger partial charge >= 0.3 is 0 Å². The topological polar surface area (TPSA) is 47.3 Å². The largest absolute Gasteiger partial charge is 0.497 e. The number of benzene rings is 1. The van der Waals surface area contributed by atoms with Gasteiger partial charge in [0.05, 0.1) is 12.6 Å². The molecule has 0 saturated carbocycles. The summed E-state index contributed by atoms with van der Waals surface area (Å²) in [6.45, 7) is 0.806. The van der Waals surface area contributed by atoms with Crippen molar-refractivity contribution in [3.05, 3.63) is 42.2 Å². The second-order valence-corrected chi connectivity index (χ2v) is 5.03. The summed E-state index contributed by atoms with van der Waals surface area (Å²) in [5, 5.41) is 0. The van der Waals surface area contributed by atoms with Crippen LogP contribution in [0.2, 0.25) is 0 Å². The van der Waals surface area contributed by atoms with Crippen molar-refractivity contribution in [2.24, 2.45) is 5.84 Å². The van der Waals surface area contributed by atoms with Crippen molar-refractivity contribution in [3.63, 3.8) is 0 Å². The fourth-order valence-electron chi connectivity index (χ4n) is 1.73. The molecule has 0 aromatic heterocycles. The minimum absolute atomic E-state index is 0.0977. The monoisotopic (exact) mass is 250 g/mol. The molecule has 1 aliphatic heterocycles. The van der Waals surface area contributed by atoms with Crippen LogP contribution in [0.4, 0.5) is 0 Å². The van der Waals surface area contributed by atoms with Gasteiger partial charge in [-0.25, -0.2) is 5.43 Å². The Balaban J connectivity index is 1.89. The van der Waals surface area contributed by atoms with Crippen molar-refractivity contribution in [1.29, 1.82) is 0 Å². The molecule has 0 aliphatic carbocycles. The van der Waals surface area contributed by atoms with Gasteiger partial charge in [-0.1, -0.05) is 18.2 Å². The van der Waals surface area contributed by atoms with Gasteiger partial charge in [-0.15, -0.1) is 11.8 Å². The molecule has 17 heavy (non-hydrogen) atoms. The fraction of sp³-hybridized carbons (Fsp3) is 0.385. The summed E-state index contributed by atoms with van der Waals surface area (Å²) in [4.78, 5) is 1.25. The van der Waals surface area contributed by atoms with Crippen molar-refractivity contribution in [2.75, 3.05) is 12.4 Å². The van der Waals surface area contributed by atoms with Crippen molar-refractivity contribution in [2.45, 2.75) is 23.8 Å². The van der Waals surface area contributed by atoms with E-state index >= 15 is 0 Å². The van der Waals surface area contributed by atoms with Crippen LogP contribution in [-0.2, 0) is 4.74 Å². The molecule has 0 bridgehead atoms. The highest BCUT2D eigenvalue weighted by Gasteiger charge is 2.16. The summed E-state index contributed by atoms with van der Waals surface area (Å²) in [6.07, 6.45) is 4.33. The molecule has 0 saturated heterocycles. The number of nitrogens with two attached hydrogens (primary N) is 1. The number of hydrogen-bond donors (Lipinski definition) is 2. The molecule has 0 spiro atoms. The van der Waals surface area contributed by atoms with Gasteiger partial charge in [0.15, 0.2) is 0 Å². The van der Waals surface area contributed by atoms with Crippen molar-refractivity contribution in [3.8, 4) is 0 Å². The Bertz CT molecular complexity index is 367. The van der Waals surface area contributed by atoms with Crippen molar-refractivity contribution in [1.82, 2.24) is 5.43 Å².